The Morgan fingerprint density at radius 1 is 1.13 bits per heavy atom. The number of methoxy groups -OCH3 is 1. The molecule has 1 aliphatic heterocycles. The smallest absolute Gasteiger partial charge is 0.237 e. The summed E-state index contributed by atoms with van der Waals surface area (Å²) in [6.45, 7) is 2.14. The van der Waals surface area contributed by atoms with Crippen molar-refractivity contribution in [1.82, 2.24) is 0 Å². The van der Waals surface area contributed by atoms with Crippen molar-refractivity contribution in [2.45, 2.75) is 37.6 Å². The first kappa shape index (κ1) is 14.3. The Balaban J connectivity index is 1.68. The highest BCUT2D eigenvalue weighted by Crippen LogP contribution is 2.51. The Morgan fingerprint density at radius 3 is 2.48 bits per heavy atom. The van der Waals surface area contributed by atoms with Gasteiger partial charge in [0.05, 0.1) is 12.5 Å². The van der Waals surface area contributed by atoms with E-state index in [1.165, 1.54) is 5.56 Å². The van der Waals surface area contributed by atoms with Crippen LogP contribution < -0.4 is 9.64 Å². The molecule has 0 N–H and O–H groups in total. The van der Waals surface area contributed by atoms with Crippen LogP contribution in [0.1, 0.15) is 30.9 Å². The van der Waals surface area contributed by atoms with Crippen molar-refractivity contribution in [3.05, 3.63) is 59.7 Å². The number of rotatable bonds is 3. The Bertz CT molecular complexity index is 746. The molecule has 2 aromatic carbocycles. The molecule has 0 saturated heterocycles. The molecule has 1 amide bonds. The molecule has 2 aromatic rings. The third kappa shape index (κ3) is 2.14. The maximum absolute atomic E-state index is 13.4. The summed E-state index contributed by atoms with van der Waals surface area (Å²) in [4.78, 5) is 15.4. The molecule has 4 rings (SSSR count). The Kier molecular flexibility index (Phi) is 3.19. The molecule has 1 fully saturated rings. The molecule has 118 valence electrons. The second kappa shape index (κ2) is 5.12. The first-order valence-electron chi connectivity index (χ1n) is 8.22. The summed E-state index contributed by atoms with van der Waals surface area (Å²) in [5.74, 6) is 1.08. The predicted octanol–water partition coefficient (Wildman–Crippen LogP) is 3.70. The van der Waals surface area contributed by atoms with Gasteiger partial charge in [0.2, 0.25) is 5.91 Å². The number of amides is 1. The summed E-state index contributed by atoms with van der Waals surface area (Å²) in [5.41, 5.74) is 3.14. The van der Waals surface area contributed by atoms with Crippen LogP contribution in [-0.2, 0) is 16.6 Å². The van der Waals surface area contributed by atoms with Crippen LogP contribution in [0.5, 0.6) is 5.75 Å². The topological polar surface area (TPSA) is 29.5 Å². The minimum Gasteiger partial charge on any atom is -0.497 e. The molecule has 0 bridgehead atoms. The van der Waals surface area contributed by atoms with E-state index in [9.17, 15) is 4.79 Å². The fourth-order valence-corrected chi connectivity index (χ4v) is 3.77. The SMILES string of the molecule is COc1ccc(C2(C(=O)N3c4ccccc4CC3C)CC2)cc1. The van der Waals surface area contributed by atoms with Gasteiger partial charge in [0, 0.05) is 11.7 Å². The number of hydrogen-bond donors (Lipinski definition) is 0. The van der Waals surface area contributed by atoms with E-state index in [2.05, 4.69) is 25.1 Å². The summed E-state index contributed by atoms with van der Waals surface area (Å²) in [7, 11) is 1.66. The third-order valence-corrected chi connectivity index (χ3v) is 5.23. The van der Waals surface area contributed by atoms with Crippen LogP contribution in [0.4, 0.5) is 5.69 Å². The van der Waals surface area contributed by atoms with Crippen LogP contribution in [0.25, 0.3) is 0 Å². The molecule has 3 heteroatoms. The minimum absolute atomic E-state index is 0.232. The third-order valence-electron chi connectivity index (χ3n) is 5.23. The van der Waals surface area contributed by atoms with Gasteiger partial charge in [-0.25, -0.2) is 0 Å². The highest BCUT2D eigenvalue weighted by molar-refractivity contribution is 6.05. The second-order valence-corrected chi connectivity index (χ2v) is 6.67. The molecule has 1 saturated carbocycles. The lowest BCUT2D eigenvalue weighted by molar-refractivity contribution is -0.121. The highest BCUT2D eigenvalue weighted by atomic mass is 16.5. The number of nitrogens with zero attached hydrogens (tertiary/aromatic N) is 1. The van der Waals surface area contributed by atoms with Crippen molar-refractivity contribution < 1.29 is 9.53 Å². The van der Waals surface area contributed by atoms with Crippen LogP contribution in [-0.4, -0.2) is 19.1 Å². The van der Waals surface area contributed by atoms with Gasteiger partial charge in [0.25, 0.3) is 0 Å². The molecule has 0 aromatic heterocycles. The monoisotopic (exact) mass is 307 g/mol. The fraction of sp³-hybridized carbons (Fsp3) is 0.350. The van der Waals surface area contributed by atoms with Crippen LogP contribution in [0.15, 0.2) is 48.5 Å². The first-order valence-corrected chi connectivity index (χ1v) is 8.22. The van der Waals surface area contributed by atoms with Gasteiger partial charge >= 0.3 is 0 Å². The molecule has 0 radical (unpaired) electrons. The standard InChI is InChI=1S/C20H21NO2/c1-14-13-15-5-3-4-6-18(15)21(14)19(22)20(11-12-20)16-7-9-17(23-2)10-8-16/h3-10,14H,11-13H2,1-2H3. The summed E-state index contributed by atoms with van der Waals surface area (Å²) in [6, 6.07) is 16.5. The van der Waals surface area contributed by atoms with Crippen LogP contribution in [0.3, 0.4) is 0 Å². The number of hydrogen-bond acceptors (Lipinski definition) is 2. The van der Waals surface area contributed by atoms with E-state index in [0.29, 0.717) is 0 Å². The van der Waals surface area contributed by atoms with Gasteiger partial charge in [-0.2, -0.15) is 0 Å². The summed E-state index contributed by atoms with van der Waals surface area (Å²) < 4.78 is 5.23. The zero-order chi connectivity index (χ0) is 16.0. The van der Waals surface area contributed by atoms with Crippen molar-refractivity contribution in [1.29, 1.82) is 0 Å². The normalized spacial score (nSPS) is 21.0. The van der Waals surface area contributed by atoms with Crippen molar-refractivity contribution in [3.8, 4) is 5.75 Å². The Labute approximate surface area is 136 Å². The molecular formula is C20H21NO2. The zero-order valence-electron chi connectivity index (χ0n) is 13.6. The van der Waals surface area contributed by atoms with E-state index in [0.717, 1.165) is 36.3 Å². The number of benzene rings is 2. The van der Waals surface area contributed by atoms with E-state index in [1.807, 2.05) is 35.2 Å². The summed E-state index contributed by atoms with van der Waals surface area (Å²) >= 11 is 0. The van der Waals surface area contributed by atoms with Crippen molar-refractivity contribution in [3.63, 3.8) is 0 Å². The van der Waals surface area contributed by atoms with Crippen LogP contribution in [0.2, 0.25) is 0 Å². The average molecular weight is 307 g/mol. The van der Waals surface area contributed by atoms with Crippen molar-refractivity contribution in [2.24, 2.45) is 0 Å². The van der Waals surface area contributed by atoms with E-state index in [4.69, 9.17) is 4.74 Å². The van der Waals surface area contributed by atoms with Crippen molar-refractivity contribution in [2.75, 3.05) is 12.0 Å². The molecule has 3 nitrogen and oxygen atoms in total. The molecule has 2 aliphatic rings. The predicted molar refractivity (Wildman–Crippen MR) is 91.0 cm³/mol. The van der Waals surface area contributed by atoms with Gasteiger partial charge in [0.1, 0.15) is 5.75 Å². The molecule has 1 atom stereocenters. The van der Waals surface area contributed by atoms with Gasteiger partial charge < -0.3 is 9.64 Å². The van der Waals surface area contributed by atoms with E-state index in [1.54, 1.807) is 7.11 Å². The molecule has 1 heterocycles. The lowest BCUT2D eigenvalue weighted by atomic mass is 9.93. The summed E-state index contributed by atoms with van der Waals surface area (Å²) in [6.07, 6.45) is 2.81. The molecule has 0 spiro atoms. The number of para-hydroxylation sites is 1. The van der Waals surface area contributed by atoms with E-state index in [-0.39, 0.29) is 17.4 Å². The van der Waals surface area contributed by atoms with Gasteiger partial charge in [-0.15, -0.1) is 0 Å². The molecule has 1 aliphatic carbocycles. The van der Waals surface area contributed by atoms with E-state index >= 15 is 0 Å². The Morgan fingerprint density at radius 2 is 1.83 bits per heavy atom. The maximum Gasteiger partial charge on any atom is 0.237 e. The van der Waals surface area contributed by atoms with E-state index < -0.39 is 0 Å². The van der Waals surface area contributed by atoms with Gasteiger partial charge in [-0.05, 0) is 55.5 Å². The second-order valence-electron chi connectivity index (χ2n) is 6.67. The lowest BCUT2D eigenvalue weighted by Gasteiger charge is -2.28. The highest BCUT2D eigenvalue weighted by Gasteiger charge is 2.54. The van der Waals surface area contributed by atoms with Crippen molar-refractivity contribution >= 4 is 11.6 Å². The number of ether oxygens (including phenoxy) is 1. The number of carbonyl (C=O) groups excluding carboxylic acids is 1. The number of carbonyl (C=O) groups is 1. The fourth-order valence-electron chi connectivity index (χ4n) is 3.77. The quantitative estimate of drug-likeness (QED) is 0.865. The average Bonchev–Trinajstić information content (AvgIpc) is 3.32. The molecular weight excluding hydrogens is 286 g/mol. The largest absolute Gasteiger partial charge is 0.497 e. The minimum atomic E-state index is -0.335. The molecule has 1 unspecified atom stereocenters. The van der Waals surface area contributed by atoms with Crippen LogP contribution >= 0.6 is 0 Å². The summed E-state index contributed by atoms with van der Waals surface area (Å²) in [5, 5.41) is 0. The Hall–Kier alpha value is -2.29. The first-order chi connectivity index (χ1) is 11.2. The van der Waals surface area contributed by atoms with Gasteiger partial charge in [-0.3, -0.25) is 4.79 Å². The van der Waals surface area contributed by atoms with Gasteiger partial charge in [0.15, 0.2) is 0 Å². The molecule has 23 heavy (non-hydrogen) atoms. The number of anilines is 1. The van der Waals surface area contributed by atoms with Crippen LogP contribution in [0, 0.1) is 0 Å². The lowest BCUT2D eigenvalue weighted by Crippen LogP contribution is -2.42. The zero-order valence-corrected chi connectivity index (χ0v) is 13.6. The number of fused-ring (bicyclic) bond motifs is 1. The maximum atomic E-state index is 13.4. The van der Waals surface area contributed by atoms with Gasteiger partial charge in [-0.1, -0.05) is 30.3 Å².